The van der Waals surface area contributed by atoms with Crippen LogP contribution in [0.1, 0.15) is 5.56 Å². The number of H-pyrrole nitrogens is 2. The van der Waals surface area contributed by atoms with Crippen molar-refractivity contribution in [1.82, 2.24) is 25.1 Å². The van der Waals surface area contributed by atoms with Crippen molar-refractivity contribution in [3.63, 3.8) is 0 Å². The van der Waals surface area contributed by atoms with Crippen molar-refractivity contribution >= 4 is 49.2 Å². The van der Waals surface area contributed by atoms with Crippen molar-refractivity contribution in [3.8, 4) is 11.4 Å². The lowest BCUT2D eigenvalue weighted by molar-refractivity contribution is -0.115. The molecule has 26 heavy (non-hydrogen) atoms. The maximum Gasteiger partial charge on any atom is 0.252 e. The van der Waals surface area contributed by atoms with E-state index < -0.39 is 0 Å². The highest BCUT2D eigenvalue weighted by Crippen LogP contribution is 2.38. The van der Waals surface area contributed by atoms with Gasteiger partial charge in [-0.3, -0.25) is 19.7 Å². The normalized spacial score (nSPS) is 11.0. The quantitative estimate of drug-likeness (QED) is 0.460. The topological polar surface area (TPSA) is 116 Å². The maximum atomic E-state index is 12.5. The number of amides is 1. The van der Waals surface area contributed by atoms with Crippen LogP contribution in [0.2, 0.25) is 0 Å². The van der Waals surface area contributed by atoms with Crippen molar-refractivity contribution in [2.75, 3.05) is 5.32 Å². The van der Waals surface area contributed by atoms with Gasteiger partial charge in [-0.25, -0.2) is 4.98 Å². The smallest absolute Gasteiger partial charge is 0.252 e. The van der Waals surface area contributed by atoms with Gasteiger partial charge < -0.3 is 10.3 Å². The van der Waals surface area contributed by atoms with Gasteiger partial charge in [-0.05, 0) is 34.1 Å². The third-order valence-electron chi connectivity index (χ3n) is 3.69. The summed E-state index contributed by atoms with van der Waals surface area (Å²) in [5, 5.41) is 11.9. The first-order valence-corrected chi connectivity index (χ1v) is 9.18. The van der Waals surface area contributed by atoms with Crippen molar-refractivity contribution in [1.29, 1.82) is 0 Å². The van der Waals surface area contributed by atoms with Crippen molar-refractivity contribution in [2.45, 2.75) is 6.42 Å². The molecule has 0 atom stereocenters. The van der Waals surface area contributed by atoms with Crippen LogP contribution in [0.15, 0.2) is 45.4 Å². The molecule has 0 saturated carbocycles. The minimum atomic E-state index is -0.305. The molecule has 0 aromatic carbocycles. The van der Waals surface area contributed by atoms with E-state index in [1.807, 2.05) is 5.38 Å². The van der Waals surface area contributed by atoms with Gasteiger partial charge in [-0.2, -0.15) is 5.10 Å². The summed E-state index contributed by atoms with van der Waals surface area (Å²) in [7, 11) is 0. The molecule has 4 aromatic heterocycles. The van der Waals surface area contributed by atoms with Crippen LogP contribution >= 0.6 is 27.3 Å². The Kier molecular flexibility index (Phi) is 4.35. The molecule has 0 unspecified atom stereocenters. The van der Waals surface area contributed by atoms with Crippen LogP contribution in [0, 0.1) is 0 Å². The van der Waals surface area contributed by atoms with E-state index in [9.17, 15) is 9.59 Å². The second-order valence-electron chi connectivity index (χ2n) is 5.41. The van der Waals surface area contributed by atoms with Gasteiger partial charge in [0.25, 0.3) is 5.56 Å². The van der Waals surface area contributed by atoms with Gasteiger partial charge in [0, 0.05) is 21.6 Å². The minimum Gasteiger partial charge on any atom is -0.320 e. The Bertz CT molecular complexity index is 1150. The van der Waals surface area contributed by atoms with E-state index in [1.54, 1.807) is 24.4 Å². The van der Waals surface area contributed by atoms with Gasteiger partial charge in [0.15, 0.2) is 5.82 Å². The average Bonchev–Trinajstić information content (AvgIpc) is 3.25. The molecular weight excluding hydrogens is 420 g/mol. The molecule has 1 amide bonds. The number of thiophene rings is 1. The molecule has 8 nitrogen and oxygen atoms in total. The Labute approximate surface area is 158 Å². The van der Waals surface area contributed by atoms with Crippen LogP contribution in [0.4, 0.5) is 5.00 Å². The molecule has 4 rings (SSSR count). The van der Waals surface area contributed by atoms with Gasteiger partial charge >= 0.3 is 0 Å². The fraction of sp³-hybridized carbons (Fsp3) is 0.0625. The van der Waals surface area contributed by atoms with Crippen LogP contribution in [0.5, 0.6) is 0 Å². The number of aromatic nitrogens is 5. The first kappa shape index (κ1) is 16.6. The largest absolute Gasteiger partial charge is 0.320 e. The molecule has 0 aliphatic heterocycles. The van der Waals surface area contributed by atoms with Crippen LogP contribution in [0.3, 0.4) is 0 Å². The molecule has 0 saturated heterocycles. The second kappa shape index (κ2) is 6.81. The fourth-order valence-corrected chi connectivity index (χ4v) is 4.16. The Morgan fingerprint density at radius 2 is 2.23 bits per heavy atom. The molecule has 0 bridgehead atoms. The summed E-state index contributed by atoms with van der Waals surface area (Å²) in [6.07, 6.45) is 2.97. The average molecular weight is 431 g/mol. The Balaban J connectivity index is 1.59. The zero-order valence-electron chi connectivity index (χ0n) is 13.1. The highest BCUT2D eigenvalue weighted by molar-refractivity contribution is 9.10. The zero-order valence-corrected chi connectivity index (χ0v) is 15.5. The van der Waals surface area contributed by atoms with E-state index in [0.717, 1.165) is 10.0 Å². The monoisotopic (exact) mass is 430 g/mol. The van der Waals surface area contributed by atoms with E-state index in [4.69, 9.17) is 0 Å². The molecule has 0 radical (unpaired) electrons. The van der Waals surface area contributed by atoms with Crippen molar-refractivity contribution in [3.05, 3.63) is 56.5 Å². The molecule has 0 aliphatic carbocycles. The number of nitrogens with one attached hydrogen (secondary N) is 3. The highest BCUT2D eigenvalue weighted by Gasteiger charge is 2.17. The zero-order chi connectivity index (χ0) is 18.1. The summed E-state index contributed by atoms with van der Waals surface area (Å²) in [5.74, 6) is 0.238. The van der Waals surface area contributed by atoms with Gasteiger partial charge in [0.1, 0.15) is 11.3 Å². The number of pyridine rings is 2. The molecule has 3 N–H and O–H groups in total. The number of carbonyl (C=O) groups excluding carboxylic acids is 1. The van der Waals surface area contributed by atoms with Crippen LogP contribution in [0.25, 0.3) is 22.4 Å². The second-order valence-corrected chi connectivity index (χ2v) is 7.14. The van der Waals surface area contributed by atoms with E-state index in [0.29, 0.717) is 27.4 Å². The van der Waals surface area contributed by atoms with Crippen LogP contribution < -0.4 is 10.9 Å². The highest BCUT2D eigenvalue weighted by atomic mass is 79.9. The predicted molar refractivity (Wildman–Crippen MR) is 102 cm³/mol. The molecule has 4 heterocycles. The molecule has 0 aliphatic rings. The summed E-state index contributed by atoms with van der Waals surface area (Å²) in [6, 6.07) is 5.14. The number of fused-ring (bicyclic) bond motifs is 1. The number of carbonyl (C=O) groups is 1. The third kappa shape index (κ3) is 3.16. The first-order chi connectivity index (χ1) is 12.6. The van der Waals surface area contributed by atoms with Gasteiger partial charge in [-0.15, -0.1) is 11.3 Å². The Morgan fingerprint density at radius 1 is 1.35 bits per heavy atom. The van der Waals surface area contributed by atoms with E-state index in [-0.39, 0.29) is 17.9 Å². The maximum absolute atomic E-state index is 12.5. The standard InChI is InChI=1S/C16H11BrN6O2S/c17-9-6-26-16(13(9)14-19-7-20-23-14)22-12(24)5-8-4-11-10(21-15(8)25)2-1-3-18-11/h1-4,6-7H,5H2,(H,21,25)(H,22,24)(H,19,20,23). The fourth-order valence-electron chi connectivity index (χ4n) is 2.52. The van der Waals surface area contributed by atoms with Gasteiger partial charge in [0.2, 0.25) is 5.91 Å². The number of halogens is 1. The summed E-state index contributed by atoms with van der Waals surface area (Å²) in [5.41, 5.74) is 2.04. The molecule has 0 fully saturated rings. The lowest BCUT2D eigenvalue weighted by Gasteiger charge is -2.06. The van der Waals surface area contributed by atoms with Crippen LogP contribution in [-0.2, 0) is 11.2 Å². The Hall–Kier alpha value is -2.85. The lowest BCUT2D eigenvalue weighted by Crippen LogP contribution is -2.21. The SMILES string of the molecule is O=C(Cc1cc2ncccc2[nH]c1=O)Nc1scc(Br)c1-c1ncn[nH]1. The lowest BCUT2D eigenvalue weighted by atomic mass is 10.1. The summed E-state index contributed by atoms with van der Waals surface area (Å²) in [6.45, 7) is 0. The summed E-state index contributed by atoms with van der Waals surface area (Å²) in [4.78, 5) is 35.7. The van der Waals surface area contributed by atoms with Crippen molar-refractivity contribution in [2.24, 2.45) is 0 Å². The summed E-state index contributed by atoms with van der Waals surface area (Å²) < 4.78 is 0.794. The molecule has 4 aromatic rings. The molecule has 10 heteroatoms. The minimum absolute atomic E-state index is 0.0623. The molecule has 0 spiro atoms. The number of aromatic amines is 2. The van der Waals surface area contributed by atoms with Crippen LogP contribution in [-0.4, -0.2) is 31.1 Å². The Morgan fingerprint density at radius 3 is 3.04 bits per heavy atom. The number of rotatable bonds is 4. The number of anilines is 1. The van der Waals surface area contributed by atoms with Gasteiger partial charge in [-0.1, -0.05) is 0 Å². The van der Waals surface area contributed by atoms with E-state index >= 15 is 0 Å². The predicted octanol–water partition coefficient (Wildman–Crippen LogP) is 2.71. The number of hydrogen-bond acceptors (Lipinski definition) is 6. The number of hydrogen-bond donors (Lipinski definition) is 3. The van der Waals surface area contributed by atoms with Crippen molar-refractivity contribution < 1.29 is 4.79 Å². The third-order valence-corrected chi connectivity index (χ3v) is 5.52. The molecular formula is C16H11BrN6O2S. The molecule has 130 valence electrons. The summed E-state index contributed by atoms with van der Waals surface area (Å²) >= 11 is 4.80. The van der Waals surface area contributed by atoms with E-state index in [1.165, 1.54) is 17.7 Å². The first-order valence-electron chi connectivity index (χ1n) is 7.51. The van der Waals surface area contributed by atoms with E-state index in [2.05, 4.69) is 46.4 Å². The van der Waals surface area contributed by atoms with Gasteiger partial charge in [0.05, 0.1) is 23.0 Å². The number of nitrogens with zero attached hydrogens (tertiary/aromatic N) is 3.